The van der Waals surface area contributed by atoms with Gasteiger partial charge in [-0.05, 0) is 32.9 Å². The summed E-state index contributed by atoms with van der Waals surface area (Å²) in [5, 5.41) is 18.4. The molecule has 1 N–H and O–H groups in total. The lowest BCUT2D eigenvalue weighted by Crippen LogP contribution is -2.43. The van der Waals surface area contributed by atoms with Gasteiger partial charge in [0.2, 0.25) is 0 Å². The van der Waals surface area contributed by atoms with Crippen LogP contribution in [0, 0.1) is 11.3 Å². The molecule has 0 unspecified atom stereocenters. The van der Waals surface area contributed by atoms with Crippen molar-refractivity contribution in [1.82, 2.24) is 4.90 Å². The van der Waals surface area contributed by atoms with E-state index >= 15 is 0 Å². The van der Waals surface area contributed by atoms with Crippen molar-refractivity contribution < 1.29 is 28.9 Å². The number of hydrogen-bond acceptors (Lipinski definition) is 6. The Morgan fingerprint density at radius 3 is 2.54 bits per heavy atom. The van der Waals surface area contributed by atoms with Crippen molar-refractivity contribution in [3.63, 3.8) is 0 Å². The second kappa shape index (κ2) is 7.52. The summed E-state index contributed by atoms with van der Waals surface area (Å²) in [5.41, 5.74) is -0.311. The molecule has 1 aliphatic rings. The fraction of sp³-hybridized carbons (Fsp3) is 0.500. The van der Waals surface area contributed by atoms with Crippen LogP contribution in [0.3, 0.4) is 0 Å². The quantitative estimate of drug-likeness (QED) is 0.876. The molecule has 1 aromatic carbocycles. The van der Waals surface area contributed by atoms with E-state index in [2.05, 4.69) is 0 Å². The number of hydrogen-bond donors (Lipinski definition) is 1. The van der Waals surface area contributed by atoms with Crippen molar-refractivity contribution in [2.45, 2.75) is 44.9 Å². The van der Waals surface area contributed by atoms with Crippen LogP contribution in [0.5, 0.6) is 11.5 Å². The van der Waals surface area contributed by atoms with Gasteiger partial charge in [0.1, 0.15) is 17.7 Å². The van der Waals surface area contributed by atoms with Gasteiger partial charge in [0.25, 0.3) is 0 Å². The Hall–Kier alpha value is -2.95. The molecule has 8 heteroatoms. The van der Waals surface area contributed by atoms with Gasteiger partial charge in [-0.25, -0.2) is 9.59 Å². The number of carbonyl (C=O) groups excluding carboxylic acids is 1. The summed E-state index contributed by atoms with van der Waals surface area (Å²) in [7, 11) is 1.45. The van der Waals surface area contributed by atoms with E-state index in [9.17, 15) is 14.7 Å². The zero-order valence-corrected chi connectivity index (χ0v) is 15.2. The van der Waals surface area contributed by atoms with E-state index in [0.717, 1.165) is 4.90 Å². The molecule has 1 aliphatic heterocycles. The summed E-state index contributed by atoms with van der Waals surface area (Å²) in [6, 6.07) is 5.67. The molecule has 1 fully saturated rings. The van der Waals surface area contributed by atoms with Gasteiger partial charge < -0.3 is 19.3 Å². The zero-order chi connectivity index (χ0) is 19.5. The maximum atomic E-state index is 12.3. The molecule has 0 aliphatic carbocycles. The summed E-state index contributed by atoms with van der Waals surface area (Å²) in [5.74, 6) is -0.368. The summed E-state index contributed by atoms with van der Waals surface area (Å²) in [4.78, 5) is 25.0. The third-order valence-electron chi connectivity index (χ3n) is 3.76. The predicted molar refractivity (Wildman–Crippen MR) is 91.1 cm³/mol. The molecule has 2 rings (SSSR count). The molecule has 1 amide bonds. The van der Waals surface area contributed by atoms with E-state index in [1.54, 1.807) is 32.9 Å². The van der Waals surface area contributed by atoms with Crippen LogP contribution in [-0.2, 0) is 9.53 Å². The topological polar surface area (TPSA) is 109 Å². The summed E-state index contributed by atoms with van der Waals surface area (Å²) >= 11 is 0. The minimum Gasteiger partial charge on any atom is -0.493 e. The molecule has 1 saturated heterocycles. The number of carboxylic acids is 1. The number of carboxylic acid groups (broad SMARTS) is 1. The SMILES string of the molecule is COc1cc(C#N)ccc1O[C@@H]1C[C@@H](C(=O)O)N(C(=O)OC(C)(C)C)C1. The molecule has 0 radical (unpaired) electrons. The van der Waals surface area contributed by atoms with E-state index < -0.39 is 29.8 Å². The van der Waals surface area contributed by atoms with Crippen LogP contribution in [-0.4, -0.2) is 53.5 Å². The van der Waals surface area contributed by atoms with E-state index in [4.69, 9.17) is 19.5 Å². The third kappa shape index (κ3) is 4.57. The van der Waals surface area contributed by atoms with Crippen molar-refractivity contribution in [1.29, 1.82) is 5.26 Å². The van der Waals surface area contributed by atoms with E-state index in [0.29, 0.717) is 17.1 Å². The Labute approximate surface area is 151 Å². The smallest absolute Gasteiger partial charge is 0.411 e. The molecule has 1 aromatic rings. The number of nitrogens with zero attached hydrogens (tertiary/aromatic N) is 2. The lowest BCUT2D eigenvalue weighted by Gasteiger charge is -2.26. The number of aliphatic carboxylic acids is 1. The van der Waals surface area contributed by atoms with E-state index in [-0.39, 0.29) is 13.0 Å². The first-order valence-corrected chi connectivity index (χ1v) is 8.12. The summed E-state index contributed by atoms with van der Waals surface area (Å²) < 4.78 is 16.3. The largest absolute Gasteiger partial charge is 0.493 e. The Kier molecular flexibility index (Phi) is 5.60. The first-order chi connectivity index (χ1) is 12.1. The van der Waals surface area contributed by atoms with Gasteiger partial charge in [-0.3, -0.25) is 4.90 Å². The van der Waals surface area contributed by atoms with Crippen LogP contribution in [0.15, 0.2) is 18.2 Å². The van der Waals surface area contributed by atoms with Gasteiger partial charge in [0.15, 0.2) is 11.5 Å². The fourth-order valence-electron chi connectivity index (χ4n) is 2.65. The van der Waals surface area contributed by atoms with Crippen LogP contribution in [0.2, 0.25) is 0 Å². The van der Waals surface area contributed by atoms with Crippen LogP contribution < -0.4 is 9.47 Å². The van der Waals surface area contributed by atoms with Crippen LogP contribution >= 0.6 is 0 Å². The maximum Gasteiger partial charge on any atom is 0.411 e. The highest BCUT2D eigenvalue weighted by Crippen LogP contribution is 2.32. The minimum absolute atomic E-state index is 0.0784. The van der Waals surface area contributed by atoms with E-state index in [1.165, 1.54) is 13.2 Å². The van der Waals surface area contributed by atoms with Gasteiger partial charge in [-0.1, -0.05) is 0 Å². The summed E-state index contributed by atoms with van der Waals surface area (Å²) in [6.45, 7) is 5.22. The normalized spacial score (nSPS) is 19.6. The molecule has 8 nitrogen and oxygen atoms in total. The average Bonchev–Trinajstić information content (AvgIpc) is 2.98. The fourth-order valence-corrected chi connectivity index (χ4v) is 2.65. The van der Waals surface area contributed by atoms with Crippen LogP contribution in [0.25, 0.3) is 0 Å². The maximum absolute atomic E-state index is 12.3. The van der Waals surface area contributed by atoms with Crippen molar-refractivity contribution in [2.24, 2.45) is 0 Å². The highest BCUT2D eigenvalue weighted by Gasteiger charge is 2.42. The van der Waals surface area contributed by atoms with Crippen LogP contribution in [0.4, 0.5) is 4.79 Å². The molecule has 0 saturated carbocycles. The van der Waals surface area contributed by atoms with E-state index in [1.807, 2.05) is 6.07 Å². The zero-order valence-electron chi connectivity index (χ0n) is 15.2. The first-order valence-electron chi connectivity index (χ1n) is 8.12. The Morgan fingerprint density at radius 2 is 2.00 bits per heavy atom. The number of benzene rings is 1. The molecular formula is C18H22N2O6. The number of rotatable bonds is 4. The van der Waals surface area contributed by atoms with Gasteiger partial charge in [-0.2, -0.15) is 5.26 Å². The van der Waals surface area contributed by atoms with Crippen molar-refractivity contribution in [3.8, 4) is 17.6 Å². The average molecular weight is 362 g/mol. The minimum atomic E-state index is -1.12. The second-order valence-corrected chi connectivity index (χ2v) is 6.94. The van der Waals surface area contributed by atoms with Crippen molar-refractivity contribution in [2.75, 3.05) is 13.7 Å². The molecule has 2 atom stereocenters. The first kappa shape index (κ1) is 19.4. The number of carbonyl (C=O) groups is 2. The van der Waals surface area contributed by atoms with Gasteiger partial charge >= 0.3 is 12.1 Å². The third-order valence-corrected chi connectivity index (χ3v) is 3.76. The Balaban J connectivity index is 2.16. The molecule has 1 heterocycles. The number of ether oxygens (including phenoxy) is 3. The number of methoxy groups -OCH3 is 1. The van der Waals surface area contributed by atoms with Crippen molar-refractivity contribution >= 4 is 12.1 Å². The Bertz CT molecular complexity index is 734. The standard InChI is InChI=1S/C18H22N2O6/c1-18(2,3)26-17(23)20-10-12(8-13(20)16(21)22)25-14-6-5-11(9-19)7-15(14)24-4/h5-7,12-13H,8,10H2,1-4H3,(H,21,22)/t12-,13+/m1/s1. The lowest BCUT2D eigenvalue weighted by molar-refractivity contribution is -0.142. The monoisotopic (exact) mass is 362 g/mol. The number of nitriles is 1. The van der Waals surface area contributed by atoms with Gasteiger partial charge in [-0.15, -0.1) is 0 Å². The predicted octanol–water partition coefficient (Wildman–Crippen LogP) is 2.41. The molecule has 140 valence electrons. The van der Waals surface area contributed by atoms with Crippen molar-refractivity contribution in [3.05, 3.63) is 23.8 Å². The lowest BCUT2D eigenvalue weighted by atomic mass is 10.2. The number of likely N-dealkylation sites (tertiary alicyclic amines) is 1. The van der Waals surface area contributed by atoms with Gasteiger partial charge in [0.05, 0.1) is 25.3 Å². The van der Waals surface area contributed by atoms with Gasteiger partial charge in [0, 0.05) is 12.5 Å². The number of amides is 1. The molecule has 0 bridgehead atoms. The highest BCUT2D eigenvalue weighted by molar-refractivity contribution is 5.81. The molecule has 26 heavy (non-hydrogen) atoms. The second-order valence-electron chi connectivity index (χ2n) is 6.94. The highest BCUT2D eigenvalue weighted by atomic mass is 16.6. The van der Waals surface area contributed by atoms with Crippen LogP contribution in [0.1, 0.15) is 32.8 Å². The Morgan fingerprint density at radius 1 is 1.31 bits per heavy atom. The molecule has 0 spiro atoms. The summed E-state index contributed by atoms with van der Waals surface area (Å²) in [6.07, 6.45) is -1.11. The molecule has 0 aromatic heterocycles. The molecular weight excluding hydrogens is 340 g/mol.